The molecule has 1 fully saturated rings. The van der Waals surface area contributed by atoms with Crippen LogP contribution in [0.4, 0.5) is 4.79 Å². The quantitative estimate of drug-likeness (QED) is 0.634. The molecule has 0 aromatic carbocycles. The SMILES string of the molecule is COCCN(CCO)C(=O)N1CCOC(C(=O)O)C1. The second-order valence-electron chi connectivity index (χ2n) is 4.13. The van der Waals surface area contributed by atoms with Gasteiger partial charge in [-0.1, -0.05) is 0 Å². The third-order valence-corrected chi connectivity index (χ3v) is 2.82. The predicted octanol–water partition coefficient (Wildman–Crippen LogP) is -1.17. The Kier molecular flexibility index (Phi) is 6.54. The van der Waals surface area contributed by atoms with E-state index < -0.39 is 12.1 Å². The van der Waals surface area contributed by atoms with E-state index in [1.165, 1.54) is 16.9 Å². The van der Waals surface area contributed by atoms with Gasteiger partial charge < -0.3 is 29.5 Å². The van der Waals surface area contributed by atoms with Crippen molar-refractivity contribution in [3.8, 4) is 0 Å². The van der Waals surface area contributed by atoms with Crippen molar-refractivity contribution < 1.29 is 29.3 Å². The molecule has 0 radical (unpaired) electrons. The predicted molar refractivity (Wildman–Crippen MR) is 64.9 cm³/mol. The van der Waals surface area contributed by atoms with E-state index in [0.717, 1.165) is 0 Å². The number of aliphatic hydroxyl groups is 1. The molecule has 8 heteroatoms. The Morgan fingerprint density at radius 1 is 1.47 bits per heavy atom. The molecule has 19 heavy (non-hydrogen) atoms. The van der Waals surface area contributed by atoms with Gasteiger partial charge in [0.1, 0.15) is 0 Å². The maximum atomic E-state index is 12.2. The van der Waals surface area contributed by atoms with Gasteiger partial charge in [0, 0.05) is 26.7 Å². The summed E-state index contributed by atoms with van der Waals surface area (Å²) in [5.74, 6) is -1.08. The number of urea groups is 1. The summed E-state index contributed by atoms with van der Waals surface area (Å²) in [5, 5.41) is 17.8. The van der Waals surface area contributed by atoms with Crippen LogP contribution < -0.4 is 0 Å². The van der Waals surface area contributed by atoms with E-state index in [9.17, 15) is 9.59 Å². The van der Waals surface area contributed by atoms with Crippen LogP contribution in [0.1, 0.15) is 0 Å². The van der Waals surface area contributed by atoms with Gasteiger partial charge in [-0.05, 0) is 0 Å². The van der Waals surface area contributed by atoms with E-state index in [0.29, 0.717) is 19.7 Å². The van der Waals surface area contributed by atoms with Gasteiger partial charge in [0.2, 0.25) is 0 Å². The lowest BCUT2D eigenvalue weighted by Crippen LogP contribution is -2.53. The van der Waals surface area contributed by atoms with Gasteiger partial charge in [-0.25, -0.2) is 9.59 Å². The van der Waals surface area contributed by atoms with E-state index in [1.54, 1.807) is 0 Å². The monoisotopic (exact) mass is 276 g/mol. The molecule has 1 atom stereocenters. The fourth-order valence-corrected chi connectivity index (χ4v) is 1.80. The van der Waals surface area contributed by atoms with Crippen molar-refractivity contribution >= 4 is 12.0 Å². The molecule has 0 bridgehead atoms. The first kappa shape index (κ1) is 15.7. The highest BCUT2D eigenvalue weighted by molar-refractivity contribution is 5.77. The minimum absolute atomic E-state index is 0.0169. The highest BCUT2D eigenvalue weighted by Gasteiger charge is 2.30. The van der Waals surface area contributed by atoms with Gasteiger partial charge in [-0.15, -0.1) is 0 Å². The first-order valence-corrected chi connectivity index (χ1v) is 6.08. The number of aliphatic hydroxyl groups excluding tert-OH is 1. The molecule has 0 saturated carbocycles. The third kappa shape index (κ3) is 4.66. The van der Waals surface area contributed by atoms with E-state index in [1.807, 2.05) is 0 Å². The summed E-state index contributed by atoms with van der Waals surface area (Å²) in [6.45, 7) is 1.31. The molecule has 0 aromatic heterocycles. The molecule has 1 aliphatic rings. The molecule has 2 N–H and O–H groups in total. The van der Waals surface area contributed by atoms with Crippen LogP contribution in [0.15, 0.2) is 0 Å². The molecular formula is C11H20N2O6. The topological polar surface area (TPSA) is 99.5 Å². The van der Waals surface area contributed by atoms with Crippen molar-refractivity contribution in [3.05, 3.63) is 0 Å². The van der Waals surface area contributed by atoms with Crippen LogP contribution in [0.3, 0.4) is 0 Å². The summed E-state index contributed by atoms with van der Waals surface area (Å²) in [6.07, 6.45) is -0.990. The van der Waals surface area contributed by atoms with Crippen LogP contribution in [-0.4, -0.2) is 91.2 Å². The number of methoxy groups -OCH3 is 1. The third-order valence-electron chi connectivity index (χ3n) is 2.82. The lowest BCUT2D eigenvalue weighted by Gasteiger charge is -2.34. The first-order chi connectivity index (χ1) is 9.10. The van der Waals surface area contributed by atoms with Gasteiger partial charge in [0.05, 0.1) is 26.4 Å². The average molecular weight is 276 g/mol. The summed E-state index contributed by atoms with van der Waals surface area (Å²) < 4.78 is 9.96. The van der Waals surface area contributed by atoms with E-state index in [-0.39, 0.29) is 32.3 Å². The first-order valence-electron chi connectivity index (χ1n) is 6.08. The Bertz CT molecular complexity index is 312. The Hall–Kier alpha value is -1.38. The molecule has 1 heterocycles. The Morgan fingerprint density at radius 2 is 2.21 bits per heavy atom. The molecule has 0 aromatic rings. The molecule has 1 aliphatic heterocycles. The second kappa shape index (κ2) is 7.93. The van der Waals surface area contributed by atoms with Gasteiger partial charge in [-0.3, -0.25) is 0 Å². The molecule has 0 aliphatic carbocycles. The van der Waals surface area contributed by atoms with E-state index in [2.05, 4.69) is 0 Å². The van der Waals surface area contributed by atoms with Crippen molar-refractivity contribution in [1.29, 1.82) is 0 Å². The molecule has 1 saturated heterocycles. The summed E-state index contributed by atoms with van der Waals surface area (Å²) in [7, 11) is 1.52. The largest absolute Gasteiger partial charge is 0.479 e. The van der Waals surface area contributed by atoms with Crippen LogP contribution in [0.5, 0.6) is 0 Å². The Labute approximate surface area is 111 Å². The number of carboxylic acid groups (broad SMARTS) is 1. The van der Waals surface area contributed by atoms with E-state index in [4.69, 9.17) is 19.7 Å². The lowest BCUT2D eigenvalue weighted by atomic mass is 10.3. The van der Waals surface area contributed by atoms with Crippen molar-refractivity contribution in [2.45, 2.75) is 6.10 Å². The average Bonchev–Trinajstić information content (AvgIpc) is 2.42. The summed E-state index contributed by atoms with van der Waals surface area (Å²) in [5.41, 5.74) is 0. The Morgan fingerprint density at radius 3 is 2.79 bits per heavy atom. The maximum absolute atomic E-state index is 12.2. The van der Waals surface area contributed by atoms with Crippen LogP contribution in [0, 0.1) is 0 Å². The van der Waals surface area contributed by atoms with Crippen LogP contribution in [0.25, 0.3) is 0 Å². The van der Waals surface area contributed by atoms with Crippen molar-refractivity contribution in [3.63, 3.8) is 0 Å². The standard InChI is InChI=1S/C11H20N2O6/c1-18-6-3-12(2-5-14)11(17)13-4-7-19-9(8-13)10(15)16/h9,14H,2-8H2,1H3,(H,15,16). The zero-order valence-corrected chi connectivity index (χ0v) is 10.9. The lowest BCUT2D eigenvalue weighted by molar-refractivity contribution is -0.154. The molecule has 0 spiro atoms. The number of ether oxygens (including phenoxy) is 2. The number of rotatable bonds is 6. The smallest absolute Gasteiger partial charge is 0.334 e. The number of amides is 2. The number of morpholine rings is 1. The number of carbonyl (C=O) groups excluding carboxylic acids is 1. The molecule has 8 nitrogen and oxygen atoms in total. The normalized spacial score (nSPS) is 19.3. The second-order valence-corrected chi connectivity index (χ2v) is 4.13. The van der Waals surface area contributed by atoms with Gasteiger partial charge >= 0.3 is 12.0 Å². The molecule has 110 valence electrons. The highest BCUT2D eigenvalue weighted by atomic mass is 16.5. The zero-order valence-electron chi connectivity index (χ0n) is 10.9. The highest BCUT2D eigenvalue weighted by Crippen LogP contribution is 2.08. The minimum atomic E-state index is -1.08. The van der Waals surface area contributed by atoms with Crippen LogP contribution in [0.2, 0.25) is 0 Å². The maximum Gasteiger partial charge on any atom is 0.334 e. The molecule has 1 rings (SSSR count). The number of hydrogen-bond donors (Lipinski definition) is 2. The Balaban J connectivity index is 2.59. The number of carboxylic acids is 1. The fourth-order valence-electron chi connectivity index (χ4n) is 1.80. The molecule has 1 unspecified atom stereocenters. The molecular weight excluding hydrogens is 256 g/mol. The van der Waals surface area contributed by atoms with Crippen molar-refractivity contribution in [2.24, 2.45) is 0 Å². The van der Waals surface area contributed by atoms with Gasteiger partial charge in [-0.2, -0.15) is 0 Å². The van der Waals surface area contributed by atoms with Crippen LogP contribution in [-0.2, 0) is 14.3 Å². The van der Waals surface area contributed by atoms with Crippen molar-refractivity contribution in [2.75, 3.05) is 53.1 Å². The van der Waals surface area contributed by atoms with Gasteiger partial charge in [0.25, 0.3) is 0 Å². The number of nitrogens with zero attached hydrogens (tertiary/aromatic N) is 2. The molecule has 2 amide bonds. The van der Waals surface area contributed by atoms with Crippen LogP contribution >= 0.6 is 0 Å². The number of aliphatic carboxylic acids is 1. The summed E-state index contributed by atoms with van der Waals surface area (Å²) in [6, 6.07) is -0.305. The summed E-state index contributed by atoms with van der Waals surface area (Å²) >= 11 is 0. The minimum Gasteiger partial charge on any atom is -0.479 e. The number of carbonyl (C=O) groups is 2. The fraction of sp³-hybridized carbons (Fsp3) is 0.818. The van der Waals surface area contributed by atoms with Gasteiger partial charge in [0.15, 0.2) is 6.10 Å². The number of hydrogen-bond acceptors (Lipinski definition) is 5. The van der Waals surface area contributed by atoms with E-state index >= 15 is 0 Å². The zero-order chi connectivity index (χ0) is 14.3. The summed E-state index contributed by atoms with van der Waals surface area (Å²) in [4.78, 5) is 25.9. The van der Waals surface area contributed by atoms with Crippen molar-refractivity contribution in [1.82, 2.24) is 9.80 Å².